The van der Waals surface area contributed by atoms with Gasteiger partial charge in [-0.2, -0.15) is 0 Å². The van der Waals surface area contributed by atoms with Gasteiger partial charge in [-0.3, -0.25) is 9.59 Å². The van der Waals surface area contributed by atoms with Crippen molar-refractivity contribution in [2.75, 3.05) is 25.4 Å². The van der Waals surface area contributed by atoms with Crippen LogP contribution in [0.4, 0.5) is 0 Å². The maximum atomic E-state index is 12.7. The second-order valence-electron chi connectivity index (χ2n) is 6.86. The molecule has 0 aromatic heterocycles. The van der Waals surface area contributed by atoms with Crippen molar-refractivity contribution in [3.63, 3.8) is 0 Å². The summed E-state index contributed by atoms with van der Waals surface area (Å²) in [6.07, 6.45) is 1.62. The normalized spacial score (nSPS) is 19.7. The molecule has 2 aliphatic rings. The fourth-order valence-electron chi connectivity index (χ4n) is 3.52. The number of carbonyl (C=O) groups excluding carboxylic acids is 2. The summed E-state index contributed by atoms with van der Waals surface area (Å²) >= 11 is 13.8. The molecule has 2 saturated heterocycles. The number of hydrogen-bond acceptors (Lipinski definition) is 3. The fraction of sp³-hybridized carbons (Fsp3) is 0.556. The zero-order valence-corrected chi connectivity index (χ0v) is 16.8. The van der Waals surface area contributed by atoms with Crippen LogP contribution in [-0.2, 0) is 4.79 Å². The number of likely N-dealkylation sites (tertiary alicyclic amines) is 1. The Hall–Kier alpha value is -0.910. The second-order valence-corrected chi connectivity index (χ2v) is 9.13. The number of piperidine rings is 1. The predicted molar refractivity (Wildman–Crippen MR) is 103 cm³/mol. The molecule has 2 fully saturated rings. The molecule has 3 rings (SSSR count). The number of thioether (sulfide) groups is 1. The van der Waals surface area contributed by atoms with Crippen molar-refractivity contribution in [2.45, 2.75) is 31.6 Å². The average Bonchev–Trinajstić information content (AvgIpc) is 2.99. The Balaban J connectivity index is 1.69. The maximum Gasteiger partial charge on any atom is 0.253 e. The third-order valence-corrected chi connectivity index (χ3v) is 7.23. The molecule has 0 unspecified atom stereocenters. The summed E-state index contributed by atoms with van der Waals surface area (Å²) < 4.78 is 0. The molecule has 0 aliphatic carbocycles. The van der Waals surface area contributed by atoms with Crippen molar-refractivity contribution in [2.24, 2.45) is 5.92 Å². The number of nitrogens with zero attached hydrogens (tertiary/aromatic N) is 2. The van der Waals surface area contributed by atoms with Crippen LogP contribution in [-0.4, -0.2) is 51.9 Å². The van der Waals surface area contributed by atoms with Crippen molar-refractivity contribution in [3.05, 3.63) is 33.8 Å². The third-order valence-electron chi connectivity index (χ3n) is 4.94. The largest absolute Gasteiger partial charge is 0.338 e. The Labute approximate surface area is 162 Å². The van der Waals surface area contributed by atoms with E-state index < -0.39 is 0 Å². The Morgan fingerprint density at radius 1 is 1.12 bits per heavy atom. The highest BCUT2D eigenvalue weighted by Crippen LogP contribution is 2.44. The van der Waals surface area contributed by atoms with Gasteiger partial charge in [0.05, 0.1) is 14.9 Å². The molecule has 2 aliphatic heterocycles. The molecule has 2 amide bonds. The number of rotatable bonds is 2. The second kappa shape index (κ2) is 7.37. The number of benzene rings is 1. The van der Waals surface area contributed by atoms with Gasteiger partial charge in [0, 0.05) is 36.9 Å². The van der Waals surface area contributed by atoms with E-state index in [4.69, 9.17) is 23.2 Å². The number of carbonyl (C=O) groups is 2. The molecule has 0 N–H and O–H groups in total. The Morgan fingerprint density at radius 2 is 1.80 bits per heavy atom. The fourth-order valence-corrected chi connectivity index (χ4v) is 5.28. The topological polar surface area (TPSA) is 40.6 Å². The molecular formula is C18H22Cl2N2O2S. The van der Waals surface area contributed by atoms with Crippen LogP contribution in [0.25, 0.3) is 0 Å². The molecule has 7 heteroatoms. The van der Waals surface area contributed by atoms with Gasteiger partial charge in [-0.25, -0.2) is 0 Å². The lowest BCUT2D eigenvalue weighted by molar-refractivity contribution is -0.137. The molecule has 0 atom stereocenters. The zero-order valence-electron chi connectivity index (χ0n) is 14.4. The zero-order chi connectivity index (χ0) is 18.2. The summed E-state index contributed by atoms with van der Waals surface area (Å²) in [7, 11) is 0. The molecule has 0 saturated carbocycles. The van der Waals surface area contributed by atoms with Crippen molar-refractivity contribution >= 4 is 46.8 Å². The van der Waals surface area contributed by atoms with Gasteiger partial charge >= 0.3 is 0 Å². The minimum atomic E-state index is -0.143. The van der Waals surface area contributed by atoms with Gasteiger partial charge in [-0.1, -0.05) is 37.0 Å². The van der Waals surface area contributed by atoms with Crippen LogP contribution in [0.3, 0.4) is 0 Å². The van der Waals surface area contributed by atoms with Gasteiger partial charge in [0.1, 0.15) is 0 Å². The van der Waals surface area contributed by atoms with E-state index in [2.05, 4.69) is 0 Å². The first-order valence-electron chi connectivity index (χ1n) is 8.54. The van der Waals surface area contributed by atoms with Gasteiger partial charge in [0.25, 0.3) is 5.91 Å². The van der Waals surface area contributed by atoms with Crippen LogP contribution >= 0.6 is 35.0 Å². The number of halogens is 2. The summed E-state index contributed by atoms with van der Waals surface area (Å²) in [5.74, 6) is 1.16. The summed E-state index contributed by atoms with van der Waals surface area (Å²) in [5, 5.41) is 0.835. The third kappa shape index (κ3) is 3.64. The van der Waals surface area contributed by atoms with E-state index >= 15 is 0 Å². The summed E-state index contributed by atoms with van der Waals surface area (Å²) in [4.78, 5) is 29.0. The van der Waals surface area contributed by atoms with Gasteiger partial charge in [-0.15, -0.1) is 11.8 Å². The Kier molecular flexibility index (Phi) is 5.57. The monoisotopic (exact) mass is 400 g/mol. The molecule has 1 aromatic rings. The lowest BCUT2D eigenvalue weighted by Gasteiger charge is -2.44. The maximum absolute atomic E-state index is 12.7. The van der Waals surface area contributed by atoms with Crippen LogP contribution in [0.5, 0.6) is 0 Å². The van der Waals surface area contributed by atoms with Crippen molar-refractivity contribution in [1.82, 2.24) is 9.80 Å². The summed E-state index contributed by atoms with van der Waals surface area (Å²) in [6, 6.07) is 4.98. The summed E-state index contributed by atoms with van der Waals surface area (Å²) in [5.41, 5.74) is 0.555. The standard InChI is InChI=1S/C18H22Cl2N2O2S/c1-12(2)16(23)22-9-10-25-18(22)5-7-21(8-6-18)17(24)13-3-4-14(19)15(20)11-13/h3-4,11-12H,5-10H2,1-2H3. The van der Waals surface area contributed by atoms with Crippen LogP contribution in [0.2, 0.25) is 10.0 Å². The highest BCUT2D eigenvalue weighted by molar-refractivity contribution is 8.00. The van der Waals surface area contributed by atoms with Gasteiger partial charge < -0.3 is 9.80 Å². The minimum Gasteiger partial charge on any atom is -0.338 e. The van der Waals surface area contributed by atoms with E-state index in [1.54, 1.807) is 18.2 Å². The van der Waals surface area contributed by atoms with E-state index in [1.165, 1.54) is 0 Å². The van der Waals surface area contributed by atoms with Gasteiger partial charge in [0.2, 0.25) is 5.91 Å². The van der Waals surface area contributed by atoms with Crippen molar-refractivity contribution < 1.29 is 9.59 Å². The lowest BCUT2D eigenvalue weighted by atomic mass is 9.99. The van der Waals surface area contributed by atoms with Crippen LogP contribution in [0, 0.1) is 5.92 Å². The van der Waals surface area contributed by atoms with E-state index in [0.29, 0.717) is 28.7 Å². The van der Waals surface area contributed by atoms with E-state index in [-0.39, 0.29) is 22.6 Å². The highest BCUT2D eigenvalue weighted by Gasteiger charge is 2.47. The van der Waals surface area contributed by atoms with Crippen molar-refractivity contribution in [1.29, 1.82) is 0 Å². The predicted octanol–water partition coefficient (Wildman–Crippen LogP) is 4.16. The van der Waals surface area contributed by atoms with E-state index in [0.717, 1.165) is 25.1 Å². The molecule has 136 valence electrons. The first-order chi connectivity index (χ1) is 11.8. The first kappa shape index (κ1) is 18.9. The SMILES string of the molecule is CC(C)C(=O)N1CCSC12CCN(C(=O)c1ccc(Cl)c(Cl)c1)CC2. The quantitative estimate of drug-likeness (QED) is 0.747. The lowest BCUT2D eigenvalue weighted by Crippen LogP contribution is -2.54. The Bertz CT molecular complexity index is 688. The molecule has 25 heavy (non-hydrogen) atoms. The van der Waals surface area contributed by atoms with Crippen molar-refractivity contribution in [3.8, 4) is 0 Å². The molecule has 1 spiro atoms. The number of hydrogen-bond donors (Lipinski definition) is 0. The van der Waals surface area contributed by atoms with Crippen LogP contribution in [0.15, 0.2) is 18.2 Å². The number of amides is 2. The molecule has 0 bridgehead atoms. The van der Waals surface area contributed by atoms with Crippen LogP contribution < -0.4 is 0 Å². The average molecular weight is 401 g/mol. The van der Waals surface area contributed by atoms with E-state index in [9.17, 15) is 9.59 Å². The van der Waals surface area contributed by atoms with Gasteiger partial charge in [-0.05, 0) is 31.0 Å². The van der Waals surface area contributed by atoms with Crippen LogP contribution in [0.1, 0.15) is 37.0 Å². The molecular weight excluding hydrogens is 379 g/mol. The van der Waals surface area contributed by atoms with Gasteiger partial charge in [0.15, 0.2) is 0 Å². The molecule has 2 heterocycles. The van der Waals surface area contributed by atoms with E-state index in [1.807, 2.05) is 35.4 Å². The molecule has 0 radical (unpaired) electrons. The summed E-state index contributed by atoms with van der Waals surface area (Å²) in [6.45, 7) is 5.99. The smallest absolute Gasteiger partial charge is 0.253 e. The minimum absolute atomic E-state index is 0.00597. The molecule has 1 aromatic carbocycles. The molecule has 4 nitrogen and oxygen atoms in total. The first-order valence-corrected chi connectivity index (χ1v) is 10.3. The highest BCUT2D eigenvalue weighted by atomic mass is 35.5. The Morgan fingerprint density at radius 3 is 2.40 bits per heavy atom.